The predicted octanol–water partition coefficient (Wildman–Crippen LogP) is 4.91. The molecule has 0 radical (unpaired) electrons. The molecular weight excluding hydrogens is 496 g/mol. The number of benzene rings is 2. The van der Waals surface area contributed by atoms with Gasteiger partial charge in [-0.3, -0.25) is 0 Å². The minimum atomic E-state index is -1.19. The molecule has 200 valence electrons. The summed E-state index contributed by atoms with van der Waals surface area (Å²) < 4.78 is 11.0. The van der Waals surface area contributed by atoms with E-state index in [-0.39, 0.29) is 48.9 Å². The SMILES string of the molecule is CC(C)CCCCCOc1ccccc1C(=O)[O-].CC(C)CCCCCOc1ccccc1C(=O)[O-].[Ca+2]. The van der Waals surface area contributed by atoms with Crippen molar-refractivity contribution in [2.45, 2.75) is 79.1 Å². The first-order valence-corrected chi connectivity index (χ1v) is 13.1. The quantitative estimate of drug-likeness (QED) is 0.222. The standard InChI is InChI=1S/2C15H22O3.Ca/c2*1-12(2)8-4-3-7-11-18-14-10-6-5-9-13(14)15(16)17;/h2*5-6,9-10,12H,3-4,7-8,11H2,1-2H3,(H,16,17);/q;;+2/p-2. The molecule has 0 saturated heterocycles. The van der Waals surface area contributed by atoms with E-state index < -0.39 is 11.9 Å². The van der Waals surface area contributed by atoms with Crippen LogP contribution in [0.3, 0.4) is 0 Å². The summed E-state index contributed by atoms with van der Waals surface area (Å²) in [5, 5.41) is 21.7. The van der Waals surface area contributed by atoms with Gasteiger partial charge in [0.05, 0.1) is 25.2 Å². The smallest absolute Gasteiger partial charge is 0.545 e. The molecule has 0 spiro atoms. The molecule has 2 aromatic carbocycles. The number of carboxylic acid groups (broad SMARTS) is 2. The fourth-order valence-corrected chi connectivity index (χ4v) is 3.55. The van der Waals surface area contributed by atoms with Gasteiger partial charge in [-0.25, -0.2) is 0 Å². The molecule has 0 fully saturated rings. The minimum absolute atomic E-state index is 0. The van der Waals surface area contributed by atoms with Gasteiger partial charge < -0.3 is 29.3 Å². The second-order valence-electron chi connectivity index (χ2n) is 9.75. The minimum Gasteiger partial charge on any atom is -0.545 e. The molecule has 0 saturated carbocycles. The van der Waals surface area contributed by atoms with Crippen LogP contribution in [0.1, 0.15) is 99.8 Å². The van der Waals surface area contributed by atoms with Crippen molar-refractivity contribution >= 4 is 49.7 Å². The maximum Gasteiger partial charge on any atom is 2.00 e. The number of aromatic carboxylic acids is 2. The van der Waals surface area contributed by atoms with Crippen LogP contribution in [0.5, 0.6) is 11.5 Å². The van der Waals surface area contributed by atoms with E-state index in [0.717, 1.165) is 37.5 Å². The molecule has 0 atom stereocenters. The number of hydrogen-bond acceptors (Lipinski definition) is 6. The van der Waals surface area contributed by atoms with Gasteiger partial charge in [0.1, 0.15) is 11.5 Å². The second kappa shape index (κ2) is 21.2. The van der Waals surface area contributed by atoms with Crippen molar-refractivity contribution in [3.8, 4) is 11.5 Å². The number of hydrogen-bond donors (Lipinski definition) is 0. The molecule has 2 rings (SSSR count). The van der Waals surface area contributed by atoms with E-state index in [0.29, 0.717) is 24.7 Å². The second-order valence-corrected chi connectivity index (χ2v) is 9.75. The van der Waals surface area contributed by atoms with Gasteiger partial charge in [0.25, 0.3) is 0 Å². The number of ether oxygens (including phenoxy) is 2. The van der Waals surface area contributed by atoms with Crippen LogP contribution in [-0.2, 0) is 0 Å². The van der Waals surface area contributed by atoms with Crippen LogP contribution >= 0.6 is 0 Å². The van der Waals surface area contributed by atoms with Crippen LogP contribution in [-0.4, -0.2) is 62.9 Å². The Morgan fingerprint density at radius 2 is 0.973 bits per heavy atom. The van der Waals surface area contributed by atoms with E-state index in [2.05, 4.69) is 27.7 Å². The molecule has 0 N–H and O–H groups in total. The molecular formula is C30H42CaO6. The zero-order chi connectivity index (χ0) is 26.8. The Morgan fingerprint density at radius 1 is 0.622 bits per heavy atom. The Labute approximate surface area is 252 Å². The maximum absolute atomic E-state index is 10.8. The van der Waals surface area contributed by atoms with E-state index in [9.17, 15) is 19.8 Å². The first kappa shape index (κ1) is 35.2. The molecule has 37 heavy (non-hydrogen) atoms. The van der Waals surface area contributed by atoms with Crippen LogP contribution in [0, 0.1) is 11.8 Å². The average molecular weight is 539 g/mol. The van der Waals surface area contributed by atoms with E-state index in [1.54, 1.807) is 36.4 Å². The average Bonchev–Trinajstić information content (AvgIpc) is 2.84. The Hall–Kier alpha value is -1.76. The molecule has 0 aliphatic heterocycles. The third kappa shape index (κ3) is 16.6. The van der Waals surface area contributed by atoms with Gasteiger partial charge in [0, 0.05) is 11.1 Å². The van der Waals surface area contributed by atoms with Crippen molar-refractivity contribution in [1.29, 1.82) is 0 Å². The summed E-state index contributed by atoms with van der Waals surface area (Å²) in [4.78, 5) is 21.7. The summed E-state index contributed by atoms with van der Waals surface area (Å²) in [5.41, 5.74) is 0.249. The first-order valence-electron chi connectivity index (χ1n) is 13.1. The number of para-hydroxylation sites is 2. The van der Waals surface area contributed by atoms with Crippen molar-refractivity contribution in [1.82, 2.24) is 0 Å². The molecule has 0 amide bonds. The molecule has 6 nitrogen and oxygen atoms in total. The topological polar surface area (TPSA) is 98.7 Å². The van der Waals surface area contributed by atoms with E-state index in [1.165, 1.54) is 37.8 Å². The summed E-state index contributed by atoms with van der Waals surface area (Å²) in [5.74, 6) is -0.0898. The Kier molecular flexibility index (Phi) is 20.2. The molecule has 0 aliphatic rings. The summed E-state index contributed by atoms with van der Waals surface area (Å²) in [6, 6.07) is 13.2. The van der Waals surface area contributed by atoms with Gasteiger partial charge >= 0.3 is 37.7 Å². The zero-order valence-electron chi connectivity index (χ0n) is 23.0. The third-order valence-corrected chi connectivity index (χ3v) is 5.58. The largest absolute Gasteiger partial charge is 2.00 e. The van der Waals surface area contributed by atoms with Crippen molar-refractivity contribution in [3.05, 3.63) is 59.7 Å². The molecule has 0 unspecified atom stereocenters. The van der Waals surface area contributed by atoms with Crippen molar-refractivity contribution in [2.24, 2.45) is 11.8 Å². The van der Waals surface area contributed by atoms with Gasteiger partial charge in [-0.15, -0.1) is 0 Å². The zero-order valence-corrected chi connectivity index (χ0v) is 25.2. The Bertz CT molecular complexity index is 824. The maximum atomic E-state index is 10.8. The molecule has 0 aromatic heterocycles. The summed E-state index contributed by atoms with van der Waals surface area (Å²) in [6.07, 6.45) is 9.00. The van der Waals surface area contributed by atoms with E-state index in [1.807, 2.05) is 0 Å². The van der Waals surface area contributed by atoms with Crippen LogP contribution in [0.25, 0.3) is 0 Å². The van der Waals surface area contributed by atoms with Gasteiger partial charge in [0.2, 0.25) is 0 Å². The summed E-state index contributed by atoms with van der Waals surface area (Å²) in [7, 11) is 0. The third-order valence-electron chi connectivity index (χ3n) is 5.58. The van der Waals surface area contributed by atoms with E-state index in [4.69, 9.17) is 9.47 Å². The molecule has 7 heteroatoms. The Balaban J connectivity index is 0.000000682. The molecule has 0 heterocycles. The van der Waals surface area contributed by atoms with E-state index >= 15 is 0 Å². The fraction of sp³-hybridized carbons (Fsp3) is 0.533. The summed E-state index contributed by atoms with van der Waals surface area (Å²) >= 11 is 0. The number of carboxylic acids is 2. The monoisotopic (exact) mass is 538 g/mol. The predicted molar refractivity (Wildman–Crippen MR) is 145 cm³/mol. The number of carbonyl (C=O) groups excluding carboxylic acids is 2. The van der Waals surface area contributed by atoms with Crippen molar-refractivity contribution in [2.75, 3.05) is 13.2 Å². The van der Waals surface area contributed by atoms with Crippen molar-refractivity contribution in [3.63, 3.8) is 0 Å². The molecule has 0 bridgehead atoms. The number of rotatable bonds is 16. The van der Waals surface area contributed by atoms with Crippen LogP contribution < -0.4 is 19.7 Å². The van der Waals surface area contributed by atoms with Crippen molar-refractivity contribution < 1.29 is 29.3 Å². The molecule has 2 aromatic rings. The van der Waals surface area contributed by atoms with Crippen LogP contribution in [0.2, 0.25) is 0 Å². The fourth-order valence-electron chi connectivity index (χ4n) is 3.55. The van der Waals surface area contributed by atoms with Gasteiger partial charge in [-0.05, 0) is 48.9 Å². The van der Waals surface area contributed by atoms with Crippen LogP contribution in [0.15, 0.2) is 48.5 Å². The van der Waals surface area contributed by atoms with Gasteiger partial charge in [-0.2, -0.15) is 0 Å². The number of unbranched alkanes of at least 4 members (excludes halogenated alkanes) is 4. The first-order chi connectivity index (χ1) is 17.2. The summed E-state index contributed by atoms with van der Waals surface area (Å²) in [6.45, 7) is 9.98. The van der Waals surface area contributed by atoms with Gasteiger partial charge in [0.15, 0.2) is 0 Å². The number of carbonyl (C=O) groups is 2. The normalized spacial score (nSPS) is 10.3. The van der Waals surface area contributed by atoms with Gasteiger partial charge in [-0.1, -0.05) is 90.5 Å². The molecule has 0 aliphatic carbocycles. The Morgan fingerprint density at radius 3 is 1.30 bits per heavy atom. The van der Waals surface area contributed by atoms with Crippen LogP contribution in [0.4, 0.5) is 0 Å².